The quantitative estimate of drug-likeness (QED) is 0.776. The van der Waals surface area contributed by atoms with E-state index < -0.39 is 0 Å². The molecule has 1 aliphatic rings. The maximum atomic E-state index is 12.5. The minimum absolute atomic E-state index is 0.0437. The number of pyridine rings is 1. The molecule has 0 aliphatic carbocycles. The van der Waals surface area contributed by atoms with Crippen LogP contribution in [0.1, 0.15) is 22.0 Å². The summed E-state index contributed by atoms with van der Waals surface area (Å²) < 4.78 is 0. The molecule has 3 aromatic rings. The number of hydrogen-bond acceptors (Lipinski definition) is 4. The smallest absolute Gasteiger partial charge is 0.271 e. The highest BCUT2D eigenvalue weighted by atomic mass is 16.3. The van der Waals surface area contributed by atoms with E-state index in [0.29, 0.717) is 30.4 Å². The lowest BCUT2D eigenvalue weighted by Gasteiger charge is -2.39. The van der Waals surface area contributed by atoms with Gasteiger partial charge in [-0.3, -0.25) is 14.9 Å². The number of carbonyl (C=O) groups excluding carboxylic acids is 1. The summed E-state index contributed by atoms with van der Waals surface area (Å²) in [7, 11) is 0. The number of aromatic hydroxyl groups is 1. The van der Waals surface area contributed by atoms with Crippen molar-refractivity contribution in [3.63, 3.8) is 0 Å². The molecule has 0 bridgehead atoms. The molecule has 0 atom stereocenters. The number of carbonyl (C=O) groups is 1. The van der Waals surface area contributed by atoms with Crippen LogP contribution >= 0.6 is 0 Å². The summed E-state index contributed by atoms with van der Waals surface area (Å²) >= 11 is 0. The first-order chi connectivity index (χ1) is 11.7. The monoisotopic (exact) mass is 320 g/mol. The largest absolute Gasteiger partial charge is 0.508 e. The average Bonchev–Trinajstić information content (AvgIpc) is 3.05. The predicted molar refractivity (Wildman–Crippen MR) is 88.6 cm³/mol. The van der Waals surface area contributed by atoms with Gasteiger partial charge in [-0.2, -0.15) is 5.10 Å². The van der Waals surface area contributed by atoms with Gasteiger partial charge in [-0.25, -0.2) is 0 Å². The van der Waals surface area contributed by atoms with Crippen LogP contribution in [0.4, 0.5) is 0 Å². The van der Waals surface area contributed by atoms with Crippen molar-refractivity contribution in [2.75, 3.05) is 13.1 Å². The van der Waals surface area contributed by atoms with Crippen molar-refractivity contribution >= 4 is 5.91 Å². The molecule has 24 heavy (non-hydrogen) atoms. The second-order valence-corrected chi connectivity index (χ2v) is 5.90. The first-order valence-electron chi connectivity index (χ1n) is 7.75. The molecule has 1 amide bonds. The number of hydrogen-bond donors (Lipinski definition) is 2. The maximum absolute atomic E-state index is 12.5. The topological polar surface area (TPSA) is 82.1 Å². The number of amides is 1. The lowest BCUT2D eigenvalue weighted by molar-refractivity contribution is 0.0596. The van der Waals surface area contributed by atoms with E-state index in [4.69, 9.17) is 0 Å². The Hall–Kier alpha value is -3.15. The Morgan fingerprint density at radius 2 is 1.83 bits per heavy atom. The van der Waals surface area contributed by atoms with Crippen LogP contribution in [0, 0.1) is 0 Å². The van der Waals surface area contributed by atoms with Gasteiger partial charge in [0.25, 0.3) is 5.91 Å². The second-order valence-electron chi connectivity index (χ2n) is 5.90. The van der Waals surface area contributed by atoms with E-state index in [1.54, 1.807) is 47.6 Å². The van der Waals surface area contributed by atoms with Gasteiger partial charge >= 0.3 is 0 Å². The van der Waals surface area contributed by atoms with Crippen LogP contribution in [0.3, 0.4) is 0 Å². The molecule has 1 aliphatic heterocycles. The standard InChI is InChI=1S/C18H16N4O2/c23-15-3-1-13(2-4-15)16-9-17(21-20-16)18(24)22-10-14(11-22)12-5-7-19-8-6-12/h1-9,14,23H,10-11H2,(H,20,21). The number of rotatable bonds is 3. The molecule has 1 saturated heterocycles. The first-order valence-corrected chi connectivity index (χ1v) is 7.75. The van der Waals surface area contributed by atoms with Crippen LogP contribution in [-0.2, 0) is 0 Å². The van der Waals surface area contributed by atoms with Crippen LogP contribution in [0.25, 0.3) is 11.3 Å². The predicted octanol–water partition coefficient (Wildman–Crippen LogP) is 2.42. The molecule has 1 fully saturated rings. The minimum Gasteiger partial charge on any atom is -0.508 e. The normalized spacial score (nSPS) is 14.4. The maximum Gasteiger partial charge on any atom is 0.271 e. The third-order valence-corrected chi connectivity index (χ3v) is 4.32. The van der Waals surface area contributed by atoms with Crippen molar-refractivity contribution in [3.8, 4) is 17.0 Å². The van der Waals surface area contributed by atoms with Crippen LogP contribution in [0.15, 0.2) is 54.9 Å². The molecule has 3 heterocycles. The fourth-order valence-corrected chi connectivity index (χ4v) is 2.87. The van der Waals surface area contributed by atoms with Crippen molar-refractivity contribution in [1.82, 2.24) is 20.1 Å². The number of phenols is 1. The van der Waals surface area contributed by atoms with E-state index in [-0.39, 0.29) is 11.7 Å². The zero-order valence-electron chi connectivity index (χ0n) is 12.9. The van der Waals surface area contributed by atoms with E-state index in [1.807, 2.05) is 12.1 Å². The number of benzene rings is 1. The highest BCUT2D eigenvalue weighted by molar-refractivity contribution is 5.94. The number of likely N-dealkylation sites (tertiary alicyclic amines) is 1. The third kappa shape index (κ3) is 2.62. The summed E-state index contributed by atoms with van der Waals surface area (Å²) in [5.41, 5.74) is 3.22. The summed E-state index contributed by atoms with van der Waals surface area (Å²) in [6.07, 6.45) is 3.55. The Labute approximate surface area is 138 Å². The van der Waals surface area contributed by atoms with Crippen LogP contribution in [0.5, 0.6) is 5.75 Å². The SMILES string of the molecule is O=C(c1cc(-c2ccc(O)cc2)n[nH]1)N1CC(c2ccncc2)C1. The molecule has 1 aromatic carbocycles. The van der Waals surface area contributed by atoms with E-state index in [2.05, 4.69) is 15.2 Å². The van der Waals surface area contributed by atoms with E-state index in [9.17, 15) is 9.90 Å². The fourth-order valence-electron chi connectivity index (χ4n) is 2.87. The lowest BCUT2D eigenvalue weighted by atomic mass is 9.92. The summed E-state index contributed by atoms with van der Waals surface area (Å²) in [6.45, 7) is 1.41. The molecule has 0 saturated carbocycles. The van der Waals surface area contributed by atoms with Crippen LogP contribution in [-0.4, -0.2) is 44.2 Å². The van der Waals surface area contributed by atoms with Gasteiger partial charge in [-0.05, 0) is 48.0 Å². The molecule has 6 nitrogen and oxygen atoms in total. The van der Waals surface area contributed by atoms with Gasteiger partial charge in [-0.1, -0.05) is 0 Å². The molecule has 6 heteroatoms. The molecular weight excluding hydrogens is 304 g/mol. The summed E-state index contributed by atoms with van der Waals surface area (Å²) in [6, 6.07) is 12.5. The van der Waals surface area contributed by atoms with E-state index >= 15 is 0 Å². The molecule has 2 aromatic heterocycles. The second kappa shape index (κ2) is 5.81. The number of phenolic OH excluding ortho intramolecular Hbond substituents is 1. The number of H-pyrrole nitrogens is 1. The number of aromatic amines is 1. The van der Waals surface area contributed by atoms with Crippen molar-refractivity contribution in [2.45, 2.75) is 5.92 Å². The molecular formula is C18H16N4O2. The van der Waals surface area contributed by atoms with Crippen molar-refractivity contribution in [1.29, 1.82) is 0 Å². The zero-order chi connectivity index (χ0) is 16.5. The Morgan fingerprint density at radius 3 is 2.54 bits per heavy atom. The Morgan fingerprint density at radius 1 is 1.12 bits per heavy atom. The molecule has 0 spiro atoms. The highest BCUT2D eigenvalue weighted by Crippen LogP contribution is 2.28. The van der Waals surface area contributed by atoms with Gasteiger partial charge in [0.1, 0.15) is 11.4 Å². The van der Waals surface area contributed by atoms with E-state index in [1.165, 1.54) is 5.56 Å². The lowest BCUT2D eigenvalue weighted by Crippen LogP contribution is -2.48. The van der Waals surface area contributed by atoms with Crippen LogP contribution < -0.4 is 0 Å². The Kier molecular flexibility index (Phi) is 3.49. The van der Waals surface area contributed by atoms with Gasteiger partial charge in [0, 0.05) is 37.0 Å². The molecule has 4 rings (SSSR count). The van der Waals surface area contributed by atoms with Crippen LogP contribution in [0.2, 0.25) is 0 Å². The fraction of sp³-hybridized carbons (Fsp3) is 0.167. The third-order valence-electron chi connectivity index (χ3n) is 4.32. The van der Waals surface area contributed by atoms with Gasteiger partial charge in [0.05, 0.1) is 5.69 Å². The van der Waals surface area contributed by atoms with Gasteiger partial charge in [0.15, 0.2) is 0 Å². The van der Waals surface area contributed by atoms with Crippen molar-refractivity contribution < 1.29 is 9.90 Å². The van der Waals surface area contributed by atoms with Crippen molar-refractivity contribution in [2.24, 2.45) is 0 Å². The number of aromatic nitrogens is 3. The molecule has 120 valence electrons. The van der Waals surface area contributed by atoms with Gasteiger partial charge < -0.3 is 10.0 Å². The Bertz CT molecular complexity index is 852. The first kappa shape index (κ1) is 14.4. The highest BCUT2D eigenvalue weighted by Gasteiger charge is 2.32. The average molecular weight is 320 g/mol. The molecule has 2 N–H and O–H groups in total. The summed E-state index contributed by atoms with van der Waals surface area (Å²) in [4.78, 5) is 18.3. The van der Waals surface area contributed by atoms with Crippen molar-refractivity contribution in [3.05, 3.63) is 66.1 Å². The molecule has 0 radical (unpaired) electrons. The minimum atomic E-state index is -0.0437. The summed E-state index contributed by atoms with van der Waals surface area (Å²) in [5, 5.41) is 16.3. The molecule has 0 unspecified atom stereocenters. The Balaban J connectivity index is 1.44. The van der Waals surface area contributed by atoms with E-state index in [0.717, 1.165) is 5.56 Å². The van der Waals surface area contributed by atoms with Gasteiger partial charge in [-0.15, -0.1) is 0 Å². The summed E-state index contributed by atoms with van der Waals surface area (Å²) in [5.74, 6) is 0.530. The van der Waals surface area contributed by atoms with Gasteiger partial charge in [0.2, 0.25) is 0 Å². The zero-order valence-corrected chi connectivity index (χ0v) is 12.9. The number of nitrogens with one attached hydrogen (secondary N) is 1. The number of nitrogens with zero attached hydrogens (tertiary/aromatic N) is 3.